The number of aromatic nitrogens is 4. The van der Waals surface area contributed by atoms with Gasteiger partial charge in [0.25, 0.3) is 0 Å². The van der Waals surface area contributed by atoms with Gasteiger partial charge in [-0.1, -0.05) is 25.3 Å². The van der Waals surface area contributed by atoms with Crippen LogP contribution < -0.4 is 0 Å². The van der Waals surface area contributed by atoms with Crippen LogP contribution in [0.4, 0.5) is 0 Å². The van der Waals surface area contributed by atoms with E-state index < -0.39 is 9.84 Å². The second-order valence-electron chi connectivity index (χ2n) is 7.43. The highest BCUT2D eigenvalue weighted by molar-refractivity contribution is 8.01. The molecule has 6 nitrogen and oxygen atoms in total. The van der Waals surface area contributed by atoms with Crippen molar-refractivity contribution in [3.05, 3.63) is 35.7 Å². The molecule has 3 heterocycles. The Morgan fingerprint density at radius 3 is 2.70 bits per heavy atom. The predicted molar refractivity (Wildman–Crippen MR) is 122 cm³/mol. The molecule has 0 radical (unpaired) electrons. The maximum Gasteiger partial charge on any atom is 0.198 e. The van der Waals surface area contributed by atoms with Gasteiger partial charge >= 0.3 is 0 Å². The fourth-order valence-electron chi connectivity index (χ4n) is 3.83. The van der Waals surface area contributed by atoms with Gasteiger partial charge in [-0.05, 0) is 54.2 Å². The second-order valence-corrected chi connectivity index (χ2v) is 12.6. The van der Waals surface area contributed by atoms with Crippen molar-refractivity contribution >= 4 is 54.5 Å². The monoisotopic (exact) mass is 476 g/mol. The van der Waals surface area contributed by atoms with Gasteiger partial charge in [0.1, 0.15) is 0 Å². The van der Waals surface area contributed by atoms with Gasteiger partial charge < -0.3 is 0 Å². The van der Waals surface area contributed by atoms with Crippen LogP contribution in [0, 0.1) is 0 Å². The van der Waals surface area contributed by atoms with Gasteiger partial charge in [0.15, 0.2) is 25.2 Å². The van der Waals surface area contributed by atoms with E-state index in [1.54, 1.807) is 29.5 Å². The van der Waals surface area contributed by atoms with E-state index in [4.69, 9.17) is 4.98 Å². The van der Waals surface area contributed by atoms with E-state index in [-0.39, 0.29) is 0 Å². The number of hydrogen-bond donors (Lipinski definition) is 0. The summed E-state index contributed by atoms with van der Waals surface area (Å²) < 4.78 is 27.7. The summed E-state index contributed by atoms with van der Waals surface area (Å²) in [5.74, 6) is 0.930. The van der Waals surface area contributed by atoms with Crippen molar-refractivity contribution in [3.8, 4) is 10.7 Å². The first-order valence-corrected chi connectivity index (χ1v) is 14.2. The Kier molecular flexibility index (Phi) is 5.42. The maximum atomic E-state index is 11.9. The van der Waals surface area contributed by atoms with E-state index in [9.17, 15) is 8.42 Å². The third kappa shape index (κ3) is 3.93. The molecule has 0 spiro atoms. The number of thiophene rings is 1. The molecular formula is C20H20N4O2S4. The summed E-state index contributed by atoms with van der Waals surface area (Å²) in [6.07, 6.45) is 7.25. The van der Waals surface area contributed by atoms with Crippen molar-refractivity contribution < 1.29 is 8.42 Å². The van der Waals surface area contributed by atoms with Crippen LogP contribution in [-0.2, 0) is 9.84 Å². The smallest absolute Gasteiger partial charge is 0.198 e. The lowest BCUT2D eigenvalue weighted by Crippen LogP contribution is -2.14. The van der Waals surface area contributed by atoms with Crippen LogP contribution in [0.5, 0.6) is 0 Å². The molecule has 10 heteroatoms. The third-order valence-electron chi connectivity index (χ3n) is 5.29. The molecule has 30 heavy (non-hydrogen) atoms. The molecule has 5 rings (SSSR count). The molecule has 1 aromatic carbocycles. The van der Waals surface area contributed by atoms with E-state index in [0.29, 0.717) is 10.9 Å². The lowest BCUT2D eigenvalue weighted by atomic mass is 9.95. The Morgan fingerprint density at radius 2 is 1.97 bits per heavy atom. The lowest BCUT2D eigenvalue weighted by Gasteiger charge is -2.25. The predicted octanol–water partition coefficient (Wildman–Crippen LogP) is 5.68. The largest absolute Gasteiger partial charge is 0.298 e. The summed E-state index contributed by atoms with van der Waals surface area (Å²) in [5.41, 5.74) is 0.803. The van der Waals surface area contributed by atoms with Gasteiger partial charge in [0.2, 0.25) is 0 Å². The van der Waals surface area contributed by atoms with Crippen LogP contribution in [-0.4, -0.2) is 34.4 Å². The Balaban J connectivity index is 1.53. The topological polar surface area (TPSA) is 77.7 Å². The molecule has 1 fully saturated rings. The van der Waals surface area contributed by atoms with E-state index in [0.717, 1.165) is 43.3 Å². The molecule has 0 N–H and O–H groups in total. The molecule has 0 amide bonds. The van der Waals surface area contributed by atoms with Crippen LogP contribution in [0.15, 0.2) is 50.1 Å². The van der Waals surface area contributed by atoms with Gasteiger partial charge in [0, 0.05) is 12.3 Å². The fraction of sp³-hybridized carbons (Fsp3) is 0.350. The molecule has 0 bridgehead atoms. The molecule has 3 aromatic heterocycles. The molecule has 156 valence electrons. The average Bonchev–Trinajstić information content (AvgIpc) is 3.46. The van der Waals surface area contributed by atoms with Crippen molar-refractivity contribution in [2.24, 2.45) is 0 Å². The Hall–Kier alpha value is -1.75. The summed E-state index contributed by atoms with van der Waals surface area (Å²) in [6, 6.07) is 9.63. The summed E-state index contributed by atoms with van der Waals surface area (Å²) >= 11 is 4.69. The lowest BCUT2D eigenvalue weighted by molar-refractivity contribution is 0.339. The Morgan fingerprint density at radius 1 is 1.13 bits per heavy atom. The summed E-state index contributed by atoms with van der Waals surface area (Å²) in [4.78, 5) is 6.14. The fourth-order valence-corrected chi connectivity index (χ4v) is 7.36. The number of sulfone groups is 1. The van der Waals surface area contributed by atoms with Crippen LogP contribution in [0.25, 0.3) is 20.9 Å². The SMILES string of the molecule is CS(=O)(=O)c1ccc2nc(Sc3nnc(-c4cccs4)n3C3CCCCC3)sc2c1. The highest BCUT2D eigenvalue weighted by atomic mass is 32.2. The summed E-state index contributed by atoms with van der Waals surface area (Å²) in [6.45, 7) is 0. The quantitative estimate of drug-likeness (QED) is 0.369. The van der Waals surface area contributed by atoms with Crippen LogP contribution in [0.2, 0.25) is 0 Å². The molecule has 1 aliphatic carbocycles. The Labute approximate surface area is 187 Å². The molecule has 1 saturated carbocycles. The van der Waals surface area contributed by atoms with Crippen LogP contribution >= 0.6 is 34.4 Å². The molecule has 0 saturated heterocycles. The van der Waals surface area contributed by atoms with Crippen LogP contribution in [0.3, 0.4) is 0 Å². The molecular weight excluding hydrogens is 457 g/mol. The van der Waals surface area contributed by atoms with Gasteiger partial charge in [-0.15, -0.1) is 32.9 Å². The van der Waals surface area contributed by atoms with E-state index in [2.05, 4.69) is 26.2 Å². The van der Waals surface area contributed by atoms with Gasteiger partial charge in [-0.3, -0.25) is 4.57 Å². The minimum absolute atomic E-state index is 0.320. The number of hydrogen-bond acceptors (Lipinski definition) is 8. The number of nitrogens with zero attached hydrogens (tertiary/aromatic N) is 4. The van der Waals surface area contributed by atoms with Crippen molar-refractivity contribution in [1.82, 2.24) is 19.7 Å². The molecule has 0 unspecified atom stereocenters. The van der Waals surface area contributed by atoms with Crippen molar-refractivity contribution in [2.75, 3.05) is 6.26 Å². The van der Waals surface area contributed by atoms with Gasteiger partial charge in [0.05, 0.1) is 20.0 Å². The van der Waals surface area contributed by atoms with Crippen LogP contribution in [0.1, 0.15) is 38.1 Å². The minimum Gasteiger partial charge on any atom is -0.298 e. The second kappa shape index (κ2) is 8.07. The van der Waals surface area contributed by atoms with Gasteiger partial charge in [-0.25, -0.2) is 13.4 Å². The normalized spacial score (nSPS) is 15.8. The molecule has 4 aromatic rings. The maximum absolute atomic E-state index is 11.9. The average molecular weight is 477 g/mol. The standard InChI is InChI=1S/C20H20N4O2S4/c1-30(25,26)14-9-10-15-17(12-14)28-20(21-15)29-19-23-22-18(16-8-5-11-27-16)24(19)13-6-3-2-4-7-13/h5,8-13H,2-4,6-7H2,1H3. The minimum atomic E-state index is -3.24. The third-order valence-corrected chi connectivity index (χ3v) is 9.31. The number of rotatable bonds is 5. The number of thiazole rings is 1. The number of benzene rings is 1. The zero-order chi connectivity index (χ0) is 20.7. The Bertz CT molecular complexity index is 1290. The van der Waals surface area contributed by atoms with E-state index in [1.165, 1.54) is 48.6 Å². The van der Waals surface area contributed by atoms with Crippen molar-refractivity contribution in [2.45, 2.75) is 52.5 Å². The first-order valence-electron chi connectivity index (χ1n) is 9.76. The first kappa shape index (κ1) is 20.2. The zero-order valence-electron chi connectivity index (χ0n) is 16.3. The highest BCUT2D eigenvalue weighted by Crippen LogP contribution is 2.40. The summed E-state index contributed by atoms with van der Waals surface area (Å²) in [7, 11) is -3.24. The first-order chi connectivity index (χ1) is 14.5. The van der Waals surface area contributed by atoms with E-state index >= 15 is 0 Å². The van der Waals surface area contributed by atoms with Gasteiger partial charge in [-0.2, -0.15) is 0 Å². The summed E-state index contributed by atoms with van der Waals surface area (Å²) in [5, 5.41) is 12.0. The van der Waals surface area contributed by atoms with Crippen molar-refractivity contribution in [1.29, 1.82) is 0 Å². The highest BCUT2D eigenvalue weighted by Gasteiger charge is 2.25. The molecule has 0 atom stereocenters. The molecule has 1 aliphatic rings. The van der Waals surface area contributed by atoms with E-state index in [1.807, 2.05) is 6.07 Å². The zero-order valence-corrected chi connectivity index (χ0v) is 19.6. The molecule has 0 aliphatic heterocycles. The van der Waals surface area contributed by atoms with Crippen molar-refractivity contribution in [3.63, 3.8) is 0 Å². The number of fused-ring (bicyclic) bond motifs is 1.